The molecule has 1 unspecified atom stereocenters. The van der Waals surface area contributed by atoms with Gasteiger partial charge >= 0.3 is 0 Å². The fourth-order valence-corrected chi connectivity index (χ4v) is 2.71. The molecule has 3 N–H and O–H groups in total. The molecule has 1 heterocycles. The zero-order valence-electron chi connectivity index (χ0n) is 13.0. The van der Waals surface area contributed by atoms with Gasteiger partial charge in [-0.1, -0.05) is 48.5 Å². The summed E-state index contributed by atoms with van der Waals surface area (Å²) in [4.78, 5) is 23.9. The van der Waals surface area contributed by atoms with Crippen LogP contribution in [0.25, 0.3) is 6.08 Å². The third-order valence-electron chi connectivity index (χ3n) is 4.01. The Bertz CT molecular complexity index is 786. The van der Waals surface area contributed by atoms with Gasteiger partial charge in [-0.3, -0.25) is 9.59 Å². The van der Waals surface area contributed by atoms with Gasteiger partial charge in [0.1, 0.15) is 0 Å². The third-order valence-corrected chi connectivity index (χ3v) is 4.01. The summed E-state index contributed by atoms with van der Waals surface area (Å²) in [5.41, 5.74) is 0.479. The van der Waals surface area contributed by atoms with Crippen LogP contribution in [0, 0.1) is 0 Å². The van der Waals surface area contributed by atoms with E-state index in [1.165, 1.54) is 6.08 Å². The Morgan fingerprint density at radius 1 is 1.12 bits per heavy atom. The van der Waals surface area contributed by atoms with E-state index in [2.05, 4.69) is 10.6 Å². The van der Waals surface area contributed by atoms with Gasteiger partial charge in [-0.05, 0) is 17.7 Å². The summed E-state index contributed by atoms with van der Waals surface area (Å²) >= 11 is 0. The SMILES string of the molecule is O=C(C=Cc1ccccc1)NCCC1(O)C(=O)Nc2ccccc21. The van der Waals surface area contributed by atoms with Crippen molar-refractivity contribution in [1.29, 1.82) is 0 Å². The summed E-state index contributed by atoms with van der Waals surface area (Å²) in [7, 11) is 0. The molecule has 24 heavy (non-hydrogen) atoms. The molecule has 1 aliphatic heterocycles. The van der Waals surface area contributed by atoms with Gasteiger partial charge in [0.2, 0.25) is 5.91 Å². The Hall–Kier alpha value is -2.92. The monoisotopic (exact) mass is 322 g/mol. The molecule has 122 valence electrons. The van der Waals surface area contributed by atoms with Crippen molar-refractivity contribution in [3.63, 3.8) is 0 Å². The van der Waals surface area contributed by atoms with Gasteiger partial charge in [0.25, 0.3) is 5.91 Å². The van der Waals surface area contributed by atoms with Gasteiger partial charge in [0.15, 0.2) is 5.60 Å². The highest BCUT2D eigenvalue weighted by Crippen LogP contribution is 2.37. The van der Waals surface area contributed by atoms with Crippen LogP contribution in [0.3, 0.4) is 0 Å². The maximum absolute atomic E-state index is 12.1. The number of benzene rings is 2. The first-order valence-electron chi connectivity index (χ1n) is 7.74. The largest absolute Gasteiger partial charge is 0.375 e. The maximum Gasteiger partial charge on any atom is 0.261 e. The van der Waals surface area contributed by atoms with Gasteiger partial charge < -0.3 is 15.7 Å². The lowest BCUT2D eigenvalue weighted by molar-refractivity contribution is -0.134. The first-order chi connectivity index (χ1) is 11.6. The number of hydrogen-bond donors (Lipinski definition) is 3. The van der Waals surface area contributed by atoms with Crippen molar-refractivity contribution < 1.29 is 14.7 Å². The van der Waals surface area contributed by atoms with Crippen LogP contribution in [-0.4, -0.2) is 23.5 Å². The highest BCUT2D eigenvalue weighted by Gasteiger charge is 2.44. The summed E-state index contributed by atoms with van der Waals surface area (Å²) < 4.78 is 0. The van der Waals surface area contributed by atoms with E-state index in [0.717, 1.165) is 5.56 Å². The molecule has 0 spiro atoms. The number of para-hydroxylation sites is 1. The minimum Gasteiger partial charge on any atom is -0.375 e. The number of aliphatic hydroxyl groups is 1. The summed E-state index contributed by atoms with van der Waals surface area (Å²) in [6.45, 7) is 0.191. The number of anilines is 1. The molecule has 0 saturated heterocycles. The fraction of sp³-hybridized carbons (Fsp3) is 0.158. The molecule has 1 atom stereocenters. The highest BCUT2D eigenvalue weighted by molar-refractivity contribution is 6.04. The van der Waals surface area contributed by atoms with Crippen LogP contribution < -0.4 is 10.6 Å². The molecule has 2 aromatic rings. The highest BCUT2D eigenvalue weighted by atomic mass is 16.3. The Labute approximate surface area is 140 Å². The molecule has 3 rings (SSSR count). The average Bonchev–Trinajstić information content (AvgIpc) is 2.85. The smallest absolute Gasteiger partial charge is 0.261 e. The maximum atomic E-state index is 12.1. The second kappa shape index (κ2) is 6.68. The number of rotatable bonds is 5. The molecule has 0 radical (unpaired) electrons. The Morgan fingerprint density at radius 2 is 1.83 bits per heavy atom. The molecule has 1 aliphatic rings. The quantitative estimate of drug-likeness (QED) is 0.737. The van der Waals surface area contributed by atoms with Crippen molar-refractivity contribution in [3.8, 4) is 0 Å². The van der Waals surface area contributed by atoms with E-state index in [1.807, 2.05) is 30.3 Å². The normalized spacial score (nSPS) is 19.1. The van der Waals surface area contributed by atoms with Crippen molar-refractivity contribution in [2.24, 2.45) is 0 Å². The third kappa shape index (κ3) is 3.21. The zero-order chi connectivity index (χ0) is 17.0. The minimum absolute atomic E-state index is 0.112. The van der Waals surface area contributed by atoms with Crippen LogP contribution in [-0.2, 0) is 15.2 Å². The van der Waals surface area contributed by atoms with Crippen LogP contribution in [0.15, 0.2) is 60.7 Å². The molecule has 5 heteroatoms. The zero-order valence-corrected chi connectivity index (χ0v) is 13.0. The molecule has 0 fully saturated rings. The lowest BCUT2D eigenvalue weighted by atomic mass is 9.92. The Morgan fingerprint density at radius 3 is 2.62 bits per heavy atom. The molecule has 2 amide bonds. The van der Waals surface area contributed by atoms with E-state index in [4.69, 9.17) is 0 Å². The van der Waals surface area contributed by atoms with Gasteiger partial charge in [0.05, 0.1) is 0 Å². The van der Waals surface area contributed by atoms with E-state index in [9.17, 15) is 14.7 Å². The Kier molecular flexibility index (Phi) is 4.44. The van der Waals surface area contributed by atoms with E-state index in [-0.39, 0.29) is 18.9 Å². The minimum atomic E-state index is -1.60. The molecule has 5 nitrogen and oxygen atoms in total. The standard InChI is InChI=1S/C19H18N2O3/c22-17(11-10-14-6-2-1-3-7-14)20-13-12-19(24)15-8-4-5-9-16(15)21-18(19)23/h1-11,24H,12-13H2,(H,20,22)(H,21,23). The summed E-state index contributed by atoms with van der Waals surface area (Å²) in [6.07, 6.45) is 3.25. The van der Waals surface area contributed by atoms with E-state index < -0.39 is 11.5 Å². The van der Waals surface area contributed by atoms with Crippen LogP contribution >= 0.6 is 0 Å². The van der Waals surface area contributed by atoms with Gasteiger partial charge in [-0.15, -0.1) is 0 Å². The van der Waals surface area contributed by atoms with Crippen LogP contribution in [0.4, 0.5) is 5.69 Å². The molecule has 0 aromatic heterocycles. The molecule has 2 aromatic carbocycles. The van der Waals surface area contributed by atoms with Gasteiger partial charge in [-0.2, -0.15) is 0 Å². The van der Waals surface area contributed by atoms with Gasteiger partial charge in [-0.25, -0.2) is 0 Å². The average molecular weight is 322 g/mol. The predicted octanol–water partition coefficient (Wildman–Crippen LogP) is 2.05. The summed E-state index contributed by atoms with van der Waals surface area (Å²) in [5.74, 6) is -0.730. The topological polar surface area (TPSA) is 78.4 Å². The van der Waals surface area contributed by atoms with Crippen molar-refractivity contribution >= 4 is 23.6 Å². The number of carbonyl (C=O) groups excluding carboxylic acids is 2. The summed E-state index contributed by atoms with van der Waals surface area (Å²) in [5, 5.41) is 16.0. The van der Waals surface area contributed by atoms with E-state index in [1.54, 1.807) is 30.3 Å². The number of hydrogen-bond acceptors (Lipinski definition) is 3. The van der Waals surface area contributed by atoms with Crippen molar-refractivity contribution in [3.05, 3.63) is 71.8 Å². The lowest BCUT2D eigenvalue weighted by Gasteiger charge is -2.20. The molecule has 0 aliphatic carbocycles. The van der Waals surface area contributed by atoms with Crippen molar-refractivity contribution in [1.82, 2.24) is 5.32 Å². The fourth-order valence-electron chi connectivity index (χ4n) is 2.71. The van der Waals surface area contributed by atoms with Crippen molar-refractivity contribution in [2.45, 2.75) is 12.0 Å². The predicted molar refractivity (Wildman–Crippen MR) is 92.1 cm³/mol. The molecular formula is C19H18N2O3. The first-order valence-corrected chi connectivity index (χ1v) is 7.74. The van der Waals surface area contributed by atoms with Gasteiger partial charge in [0, 0.05) is 30.3 Å². The molecule has 0 bridgehead atoms. The Balaban J connectivity index is 1.57. The second-order valence-electron chi connectivity index (χ2n) is 5.65. The van der Waals surface area contributed by atoms with Crippen LogP contribution in [0.2, 0.25) is 0 Å². The number of nitrogens with one attached hydrogen (secondary N) is 2. The first kappa shape index (κ1) is 16.0. The van der Waals surface area contributed by atoms with Crippen molar-refractivity contribution in [2.75, 3.05) is 11.9 Å². The van der Waals surface area contributed by atoms with E-state index >= 15 is 0 Å². The number of carbonyl (C=O) groups is 2. The van der Waals surface area contributed by atoms with Crippen LogP contribution in [0.5, 0.6) is 0 Å². The van der Waals surface area contributed by atoms with E-state index in [0.29, 0.717) is 11.3 Å². The number of amides is 2. The number of fused-ring (bicyclic) bond motifs is 1. The molecule has 0 saturated carbocycles. The second-order valence-corrected chi connectivity index (χ2v) is 5.65. The lowest BCUT2D eigenvalue weighted by Crippen LogP contribution is -2.38. The molecular weight excluding hydrogens is 304 g/mol. The van der Waals surface area contributed by atoms with Crippen LogP contribution in [0.1, 0.15) is 17.5 Å². The summed E-state index contributed by atoms with van der Waals surface area (Å²) in [6, 6.07) is 16.5.